The molecule has 0 N–H and O–H groups in total. The van der Waals surface area contributed by atoms with Crippen LogP contribution in [0.3, 0.4) is 0 Å². The minimum atomic E-state index is -3.71. The van der Waals surface area contributed by atoms with Crippen LogP contribution in [-0.2, 0) is 28.8 Å². The predicted molar refractivity (Wildman–Crippen MR) is 98.8 cm³/mol. The summed E-state index contributed by atoms with van der Waals surface area (Å²) < 4.78 is 49.8. The van der Waals surface area contributed by atoms with Gasteiger partial charge in [0.25, 0.3) is 0 Å². The second-order valence-corrected chi connectivity index (χ2v) is 9.43. The summed E-state index contributed by atoms with van der Waals surface area (Å²) in [4.78, 5) is 0.440. The van der Waals surface area contributed by atoms with Crippen LogP contribution in [-0.4, -0.2) is 46.4 Å². The van der Waals surface area contributed by atoms with E-state index in [4.69, 9.17) is 18.9 Å². The lowest BCUT2D eigenvalue weighted by molar-refractivity contribution is -0.203. The fraction of sp³-hybridized carbons (Fsp3) is 0.600. The van der Waals surface area contributed by atoms with Crippen molar-refractivity contribution in [3.8, 4) is 0 Å². The van der Waals surface area contributed by atoms with Gasteiger partial charge in [0.1, 0.15) is 12.2 Å². The maximum atomic E-state index is 13.2. The van der Waals surface area contributed by atoms with Crippen molar-refractivity contribution >= 4 is 9.84 Å². The van der Waals surface area contributed by atoms with Gasteiger partial charge in [-0.3, -0.25) is 0 Å². The molecule has 0 unspecified atom stereocenters. The maximum absolute atomic E-state index is 13.2. The summed E-state index contributed by atoms with van der Waals surface area (Å²) >= 11 is 0. The van der Waals surface area contributed by atoms with E-state index in [1.165, 1.54) is 19.6 Å². The molecule has 0 bridgehead atoms. The van der Waals surface area contributed by atoms with E-state index in [-0.39, 0.29) is 9.80 Å². The van der Waals surface area contributed by atoms with Gasteiger partial charge in [-0.15, -0.1) is 0 Å². The molecule has 6 nitrogen and oxygen atoms in total. The molecule has 2 aliphatic heterocycles. The summed E-state index contributed by atoms with van der Waals surface area (Å²) in [6.45, 7) is 2.24. The Balaban J connectivity index is 1.61. The predicted octanol–water partition coefficient (Wildman–Crippen LogP) is 3.10. The van der Waals surface area contributed by atoms with Crippen LogP contribution in [0.5, 0.6) is 0 Å². The van der Waals surface area contributed by atoms with E-state index in [0.29, 0.717) is 6.61 Å². The van der Waals surface area contributed by atoms with Crippen molar-refractivity contribution in [3.05, 3.63) is 40.8 Å². The van der Waals surface area contributed by atoms with E-state index in [9.17, 15) is 8.42 Å². The molecule has 0 aromatic heterocycles. The number of sulfone groups is 1. The third-order valence-electron chi connectivity index (χ3n) is 5.57. The molecule has 3 aliphatic rings. The molecule has 1 aliphatic carbocycles. The number of aryl methyl sites for hydroxylation is 1. The maximum Gasteiger partial charge on any atom is 0.205 e. The lowest BCUT2D eigenvalue weighted by Crippen LogP contribution is -2.38. The van der Waals surface area contributed by atoms with Gasteiger partial charge in [0.2, 0.25) is 9.84 Å². The van der Waals surface area contributed by atoms with Crippen LogP contribution >= 0.6 is 0 Å². The average molecular weight is 394 g/mol. The third kappa shape index (κ3) is 3.59. The normalized spacial score (nSPS) is 30.6. The Labute approximate surface area is 160 Å². The van der Waals surface area contributed by atoms with Gasteiger partial charge in [-0.1, -0.05) is 24.1 Å². The summed E-state index contributed by atoms with van der Waals surface area (Å²) in [6.07, 6.45) is 4.61. The molecule has 3 atom stereocenters. The lowest BCUT2D eigenvalue weighted by Gasteiger charge is -2.32. The van der Waals surface area contributed by atoms with E-state index in [0.717, 1.165) is 31.2 Å². The van der Waals surface area contributed by atoms with E-state index in [1.807, 2.05) is 6.92 Å². The molecule has 1 saturated heterocycles. The number of methoxy groups -OCH3 is 1. The number of rotatable bonds is 4. The number of hydrogen-bond acceptors (Lipinski definition) is 6. The van der Waals surface area contributed by atoms with Crippen LogP contribution in [0.4, 0.5) is 0 Å². The van der Waals surface area contributed by atoms with Crippen molar-refractivity contribution in [3.63, 3.8) is 0 Å². The monoisotopic (exact) mass is 394 g/mol. The molecule has 1 saturated carbocycles. The summed E-state index contributed by atoms with van der Waals surface area (Å²) in [5.41, 5.74) is 1.00. The first-order valence-electron chi connectivity index (χ1n) is 9.47. The van der Waals surface area contributed by atoms with Gasteiger partial charge < -0.3 is 18.9 Å². The van der Waals surface area contributed by atoms with Crippen molar-refractivity contribution in [1.29, 1.82) is 0 Å². The van der Waals surface area contributed by atoms with Crippen LogP contribution in [0, 0.1) is 6.92 Å². The Morgan fingerprint density at radius 3 is 2.48 bits per heavy atom. The fourth-order valence-corrected chi connectivity index (χ4v) is 5.62. The molecule has 1 spiro atoms. The minimum Gasteiger partial charge on any atom is -0.352 e. The van der Waals surface area contributed by atoms with Gasteiger partial charge in [0.15, 0.2) is 12.1 Å². The fourth-order valence-electron chi connectivity index (χ4n) is 4.05. The highest BCUT2D eigenvalue weighted by molar-refractivity contribution is 7.95. The Morgan fingerprint density at radius 1 is 1.11 bits per heavy atom. The summed E-state index contributed by atoms with van der Waals surface area (Å²) in [7, 11) is -2.21. The van der Waals surface area contributed by atoms with Gasteiger partial charge in [-0.2, -0.15) is 0 Å². The zero-order valence-corrected chi connectivity index (χ0v) is 16.5. The van der Waals surface area contributed by atoms with E-state index >= 15 is 0 Å². The first-order chi connectivity index (χ1) is 12.9. The number of ether oxygens (including phenoxy) is 4. The van der Waals surface area contributed by atoms with Crippen LogP contribution in [0.2, 0.25) is 0 Å². The van der Waals surface area contributed by atoms with E-state index in [2.05, 4.69) is 0 Å². The molecule has 0 amide bonds. The quantitative estimate of drug-likeness (QED) is 0.782. The Hall–Kier alpha value is -1.25. The SMILES string of the molecule is CO[C@@H]1C=C(S(=O)(=O)c2ccc(C)cc2)[C@@H]([C@H]2COC3(CCCCC3)O2)O1. The van der Waals surface area contributed by atoms with Crippen LogP contribution < -0.4 is 0 Å². The lowest BCUT2D eigenvalue weighted by atomic mass is 9.94. The Morgan fingerprint density at radius 2 is 1.81 bits per heavy atom. The highest BCUT2D eigenvalue weighted by atomic mass is 32.2. The average Bonchev–Trinajstić information content (AvgIpc) is 3.28. The highest BCUT2D eigenvalue weighted by Crippen LogP contribution is 2.42. The van der Waals surface area contributed by atoms with E-state index in [1.54, 1.807) is 24.3 Å². The van der Waals surface area contributed by atoms with Crippen molar-refractivity contribution in [2.75, 3.05) is 13.7 Å². The first-order valence-corrected chi connectivity index (χ1v) is 11.0. The molecule has 1 aromatic rings. The molecular formula is C20H26O6S. The van der Waals surface area contributed by atoms with Crippen molar-refractivity contribution < 1.29 is 27.4 Å². The van der Waals surface area contributed by atoms with Crippen LogP contribution in [0.15, 0.2) is 40.1 Å². The van der Waals surface area contributed by atoms with Crippen LogP contribution in [0.25, 0.3) is 0 Å². The molecule has 1 aromatic carbocycles. The van der Waals surface area contributed by atoms with Gasteiger partial charge in [-0.05, 0) is 38.0 Å². The standard InChI is InChI=1S/C20H26O6S/c1-14-6-8-15(9-7-14)27(21,22)17-12-18(23-2)25-19(17)16-13-24-20(26-16)10-4-3-5-11-20/h6-9,12,16,18-19H,3-5,10-11,13H2,1-2H3/t16-,18+,19-/m1/s1. The molecule has 7 heteroatoms. The number of benzene rings is 1. The summed E-state index contributed by atoms with van der Waals surface area (Å²) in [5, 5.41) is 0. The third-order valence-corrected chi connectivity index (χ3v) is 7.45. The summed E-state index contributed by atoms with van der Waals surface area (Å²) in [6, 6.07) is 6.82. The van der Waals surface area contributed by atoms with Crippen LogP contribution in [0.1, 0.15) is 37.7 Å². The first kappa shape index (κ1) is 19.1. The molecule has 4 rings (SSSR count). The smallest absolute Gasteiger partial charge is 0.205 e. The molecule has 0 radical (unpaired) electrons. The largest absolute Gasteiger partial charge is 0.352 e. The topological polar surface area (TPSA) is 71.1 Å². The van der Waals surface area contributed by atoms with Gasteiger partial charge in [0.05, 0.1) is 16.4 Å². The van der Waals surface area contributed by atoms with Gasteiger partial charge in [0, 0.05) is 20.0 Å². The second-order valence-electron chi connectivity index (χ2n) is 7.48. The van der Waals surface area contributed by atoms with Gasteiger partial charge >= 0.3 is 0 Å². The van der Waals surface area contributed by atoms with Crippen molar-refractivity contribution in [2.24, 2.45) is 0 Å². The highest BCUT2D eigenvalue weighted by Gasteiger charge is 2.50. The Kier molecular flexibility index (Phi) is 5.16. The van der Waals surface area contributed by atoms with Crippen molar-refractivity contribution in [1.82, 2.24) is 0 Å². The summed E-state index contributed by atoms with van der Waals surface area (Å²) in [5.74, 6) is -0.587. The van der Waals surface area contributed by atoms with E-state index < -0.39 is 34.1 Å². The molecular weight excluding hydrogens is 368 g/mol. The molecule has 2 heterocycles. The Bertz CT molecular complexity index is 807. The molecule has 148 valence electrons. The molecule has 27 heavy (non-hydrogen) atoms. The second kappa shape index (κ2) is 7.29. The number of hydrogen-bond donors (Lipinski definition) is 0. The zero-order valence-electron chi connectivity index (χ0n) is 15.7. The molecule has 2 fully saturated rings. The zero-order chi connectivity index (χ0) is 19.1. The minimum absolute atomic E-state index is 0.194. The van der Waals surface area contributed by atoms with Gasteiger partial charge in [-0.25, -0.2) is 8.42 Å². The van der Waals surface area contributed by atoms with Crippen molar-refractivity contribution in [2.45, 2.75) is 68.2 Å².